The van der Waals surface area contributed by atoms with E-state index in [1.165, 1.54) is 4.68 Å². The van der Waals surface area contributed by atoms with E-state index in [0.717, 1.165) is 0 Å². The second kappa shape index (κ2) is 7.38. The quantitative estimate of drug-likeness (QED) is 0.716. The van der Waals surface area contributed by atoms with Crippen LogP contribution in [0.3, 0.4) is 0 Å². The Kier molecular flexibility index (Phi) is 4.75. The molecule has 0 bridgehead atoms. The highest BCUT2D eigenvalue weighted by Gasteiger charge is 2.39. The molecule has 0 aliphatic carbocycles. The van der Waals surface area contributed by atoms with Gasteiger partial charge < -0.3 is 14.7 Å². The van der Waals surface area contributed by atoms with Crippen molar-refractivity contribution < 1.29 is 19.4 Å². The van der Waals surface area contributed by atoms with Crippen LogP contribution < -0.4 is 9.64 Å². The number of anilines is 1. The van der Waals surface area contributed by atoms with E-state index >= 15 is 0 Å². The molecular formula is C21H20N4O4. The molecule has 8 heteroatoms. The second-order valence-corrected chi connectivity index (χ2v) is 6.75. The molecule has 29 heavy (non-hydrogen) atoms. The third-order valence-corrected chi connectivity index (χ3v) is 5.17. The summed E-state index contributed by atoms with van der Waals surface area (Å²) in [5, 5.41) is 14.0. The van der Waals surface area contributed by atoms with E-state index in [2.05, 4.69) is 10.1 Å². The second-order valence-electron chi connectivity index (χ2n) is 6.75. The molecule has 1 unspecified atom stereocenters. The number of nitrogens with zero attached hydrogens (tertiary/aromatic N) is 4. The van der Waals surface area contributed by atoms with Gasteiger partial charge >= 0.3 is 5.97 Å². The minimum absolute atomic E-state index is 0.0783. The predicted octanol–water partition coefficient (Wildman–Crippen LogP) is 3.13. The van der Waals surface area contributed by atoms with Crippen LogP contribution in [0.25, 0.3) is 5.69 Å². The Bertz CT molecular complexity index is 1060. The number of hydrogen-bond donors (Lipinski definition) is 1. The molecule has 0 fully saturated rings. The zero-order chi connectivity index (χ0) is 20.5. The normalized spacial score (nSPS) is 15.9. The number of benzene rings is 1. The van der Waals surface area contributed by atoms with Crippen molar-refractivity contribution in [3.8, 4) is 11.4 Å². The Morgan fingerprint density at radius 1 is 1.17 bits per heavy atom. The number of ether oxygens (including phenoxy) is 1. The molecule has 1 aliphatic rings. The van der Waals surface area contributed by atoms with Gasteiger partial charge in [-0.05, 0) is 42.8 Å². The molecule has 8 nitrogen and oxygen atoms in total. The van der Waals surface area contributed by atoms with Crippen LogP contribution in [0.2, 0.25) is 0 Å². The average molecular weight is 392 g/mol. The molecule has 1 atom stereocenters. The summed E-state index contributed by atoms with van der Waals surface area (Å²) in [6, 6.07) is 10.5. The number of methoxy groups -OCH3 is 1. The Labute approximate surface area is 167 Å². The Morgan fingerprint density at radius 2 is 1.86 bits per heavy atom. The maximum Gasteiger partial charge on any atom is 0.356 e. The molecule has 0 saturated carbocycles. The summed E-state index contributed by atoms with van der Waals surface area (Å²) in [4.78, 5) is 31.0. The largest absolute Gasteiger partial charge is 0.497 e. The molecule has 1 N–H and O–H groups in total. The van der Waals surface area contributed by atoms with E-state index in [9.17, 15) is 14.7 Å². The number of carboxylic acids is 1. The van der Waals surface area contributed by atoms with Crippen LogP contribution in [0, 0.1) is 0 Å². The summed E-state index contributed by atoms with van der Waals surface area (Å²) >= 11 is 0. The van der Waals surface area contributed by atoms with Gasteiger partial charge in [0.15, 0.2) is 5.69 Å². The van der Waals surface area contributed by atoms with E-state index in [1.807, 2.05) is 6.92 Å². The highest BCUT2D eigenvalue weighted by molar-refractivity contribution is 6.09. The number of carbonyl (C=O) groups is 2. The number of fused-ring (bicyclic) bond motifs is 1. The fourth-order valence-corrected chi connectivity index (χ4v) is 3.69. The van der Waals surface area contributed by atoms with Gasteiger partial charge in [0.1, 0.15) is 11.4 Å². The summed E-state index contributed by atoms with van der Waals surface area (Å²) in [5.41, 5.74) is 2.00. The summed E-state index contributed by atoms with van der Waals surface area (Å²) < 4.78 is 6.61. The fourth-order valence-electron chi connectivity index (χ4n) is 3.69. The Balaban J connectivity index is 1.91. The van der Waals surface area contributed by atoms with Crippen molar-refractivity contribution in [3.63, 3.8) is 0 Å². The topological polar surface area (TPSA) is 97.5 Å². The van der Waals surface area contributed by atoms with Crippen LogP contribution in [0.5, 0.6) is 5.75 Å². The molecule has 3 heterocycles. The minimum atomic E-state index is -1.14. The smallest absolute Gasteiger partial charge is 0.356 e. The van der Waals surface area contributed by atoms with E-state index < -0.39 is 5.97 Å². The average Bonchev–Trinajstić information content (AvgIpc) is 3.16. The van der Waals surface area contributed by atoms with Crippen LogP contribution in [0.15, 0.2) is 48.8 Å². The summed E-state index contributed by atoms with van der Waals surface area (Å²) in [5.74, 6) is -0.915. The highest BCUT2D eigenvalue weighted by atomic mass is 16.5. The first-order chi connectivity index (χ1) is 14.0. The van der Waals surface area contributed by atoms with Gasteiger partial charge in [-0.3, -0.25) is 9.78 Å². The lowest BCUT2D eigenvalue weighted by atomic mass is 9.89. The SMILES string of the molecule is CCC1CN(c2ccncc2)C(=O)c2c1c(C(=O)O)nn2-c1ccc(OC)cc1. The van der Waals surface area contributed by atoms with Gasteiger partial charge in [0.2, 0.25) is 0 Å². The first kappa shape index (κ1) is 18.7. The summed E-state index contributed by atoms with van der Waals surface area (Å²) in [7, 11) is 1.56. The maximum atomic E-state index is 13.5. The lowest BCUT2D eigenvalue weighted by Crippen LogP contribution is -2.41. The zero-order valence-electron chi connectivity index (χ0n) is 16.1. The molecule has 0 radical (unpaired) electrons. The van der Waals surface area contributed by atoms with Gasteiger partial charge in [-0.25, -0.2) is 9.48 Å². The Hall–Kier alpha value is -3.68. The summed E-state index contributed by atoms with van der Waals surface area (Å²) in [6.45, 7) is 2.37. The predicted molar refractivity (Wildman–Crippen MR) is 106 cm³/mol. The molecule has 4 rings (SSSR count). The molecule has 0 saturated heterocycles. The third kappa shape index (κ3) is 3.12. The third-order valence-electron chi connectivity index (χ3n) is 5.17. The van der Waals surface area contributed by atoms with Crippen molar-refractivity contribution in [1.82, 2.24) is 14.8 Å². The van der Waals surface area contributed by atoms with Crippen molar-refractivity contribution in [2.75, 3.05) is 18.6 Å². The standard InChI is InChI=1S/C21H20N4O4/c1-3-13-12-24(14-8-10-22-11-9-14)20(26)19-17(13)18(21(27)28)23-25(19)15-4-6-16(29-2)7-5-15/h4-11,13H,3,12H2,1-2H3,(H,27,28). The molecule has 1 aromatic carbocycles. The van der Waals surface area contributed by atoms with Crippen LogP contribution >= 0.6 is 0 Å². The van der Waals surface area contributed by atoms with E-state index in [1.54, 1.807) is 60.8 Å². The van der Waals surface area contributed by atoms with Gasteiger partial charge in [0, 0.05) is 36.1 Å². The first-order valence-electron chi connectivity index (χ1n) is 9.27. The van der Waals surface area contributed by atoms with Crippen LogP contribution in [0.4, 0.5) is 5.69 Å². The molecule has 3 aromatic rings. The van der Waals surface area contributed by atoms with Gasteiger partial charge in [-0.15, -0.1) is 0 Å². The van der Waals surface area contributed by atoms with Crippen molar-refractivity contribution in [2.24, 2.45) is 0 Å². The molecule has 2 aromatic heterocycles. The zero-order valence-corrected chi connectivity index (χ0v) is 16.1. The number of amides is 1. The van der Waals surface area contributed by atoms with E-state index in [0.29, 0.717) is 35.7 Å². The number of carbonyl (C=O) groups excluding carboxylic acids is 1. The highest BCUT2D eigenvalue weighted by Crippen LogP contribution is 2.36. The van der Waals surface area contributed by atoms with Crippen molar-refractivity contribution in [1.29, 1.82) is 0 Å². The molecule has 0 spiro atoms. The molecular weight excluding hydrogens is 372 g/mol. The van der Waals surface area contributed by atoms with Crippen molar-refractivity contribution in [3.05, 3.63) is 65.7 Å². The van der Waals surface area contributed by atoms with E-state index in [-0.39, 0.29) is 23.2 Å². The van der Waals surface area contributed by atoms with E-state index in [4.69, 9.17) is 4.74 Å². The Morgan fingerprint density at radius 3 is 2.45 bits per heavy atom. The fraction of sp³-hybridized carbons (Fsp3) is 0.238. The van der Waals surface area contributed by atoms with Crippen LogP contribution in [-0.2, 0) is 0 Å². The molecule has 1 aliphatic heterocycles. The number of aromatic nitrogens is 3. The van der Waals surface area contributed by atoms with Gasteiger partial charge in [-0.2, -0.15) is 5.10 Å². The number of hydrogen-bond acceptors (Lipinski definition) is 5. The lowest BCUT2D eigenvalue weighted by Gasteiger charge is -2.32. The number of aromatic carboxylic acids is 1. The van der Waals surface area contributed by atoms with Gasteiger partial charge in [0.05, 0.1) is 12.8 Å². The molecule has 148 valence electrons. The number of pyridine rings is 1. The van der Waals surface area contributed by atoms with Crippen molar-refractivity contribution in [2.45, 2.75) is 19.3 Å². The first-order valence-corrected chi connectivity index (χ1v) is 9.27. The van der Waals surface area contributed by atoms with Gasteiger partial charge in [0.25, 0.3) is 5.91 Å². The van der Waals surface area contributed by atoms with Crippen LogP contribution in [-0.4, -0.2) is 45.4 Å². The van der Waals surface area contributed by atoms with Gasteiger partial charge in [-0.1, -0.05) is 6.92 Å². The van der Waals surface area contributed by atoms with Crippen LogP contribution in [0.1, 0.15) is 45.8 Å². The summed E-state index contributed by atoms with van der Waals surface area (Å²) in [6.07, 6.45) is 3.93. The number of rotatable bonds is 5. The number of carboxylic acid groups (broad SMARTS) is 1. The maximum absolute atomic E-state index is 13.5. The van der Waals surface area contributed by atoms with Crippen molar-refractivity contribution >= 4 is 17.6 Å². The lowest BCUT2D eigenvalue weighted by molar-refractivity contribution is 0.0688. The monoisotopic (exact) mass is 392 g/mol. The minimum Gasteiger partial charge on any atom is -0.497 e. The molecule has 1 amide bonds.